The van der Waals surface area contributed by atoms with Crippen molar-refractivity contribution in [1.82, 2.24) is 4.98 Å². The lowest BCUT2D eigenvalue weighted by Crippen LogP contribution is -2.55. The van der Waals surface area contributed by atoms with Gasteiger partial charge in [0.05, 0.1) is 17.8 Å². The van der Waals surface area contributed by atoms with E-state index in [2.05, 4.69) is 20.9 Å². The van der Waals surface area contributed by atoms with Gasteiger partial charge < -0.3 is 0 Å². The molecule has 0 aromatic carbocycles. The molecule has 2 heterocycles. The van der Waals surface area contributed by atoms with Crippen molar-refractivity contribution in [1.29, 1.82) is 0 Å². The van der Waals surface area contributed by atoms with Crippen LogP contribution in [0.1, 0.15) is 18.5 Å². The minimum Gasteiger partial charge on any atom is -0.274 e. The molecule has 120 valence electrons. The molecule has 0 saturated carbocycles. The minimum atomic E-state index is -0.793. The fraction of sp³-hybridized carbons (Fsp3) is 0.211. The van der Waals surface area contributed by atoms with Crippen LogP contribution in [0.4, 0.5) is 5.69 Å². The van der Waals surface area contributed by atoms with Gasteiger partial charge in [0.25, 0.3) is 0 Å². The van der Waals surface area contributed by atoms with E-state index >= 15 is 0 Å². The van der Waals surface area contributed by atoms with Crippen molar-refractivity contribution in [2.45, 2.75) is 19.8 Å². The zero-order valence-corrected chi connectivity index (χ0v) is 14.7. The number of nitrogens with zero attached hydrogens (tertiary/aromatic N) is 2. The molecule has 5 heteroatoms. The van der Waals surface area contributed by atoms with Gasteiger partial charge in [0, 0.05) is 10.7 Å². The van der Waals surface area contributed by atoms with E-state index in [1.54, 1.807) is 18.3 Å². The van der Waals surface area contributed by atoms with E-state index in [4.69, 9.17) is 0 Å². The highest BCUT2D eigenvalue weighted by molar-refractivity contribution is 9.11. The summed E-state index contributed by atoms with van der Waals surface area (Å²) in [7, 11) is 0. The molecule has 2 amide bonds. The van der Waals surface area contributed by atoms with E-state index in [1.807, 2.05) is 37.3 Å². The van der Waals surface area contributed by atoms with Crippen LogP contribution in [0.2, 0.25) is 0 Å². The van der Waals surface area contributed by atoms with Crippen LogP contribution in [0.3, 0.4) is 0 Å². The average Bonchev–Trinajstić information content (AvgIpc) is 2.58. The van der Waals surface area contributed by atoms with E-state index in [1.165, 1.54) is 4.90 Å². The summed E-state index contributed by atoms with van der Waals surface area (Å²) in [4.78, 5) is 31.9. The number of rotatable bonds is 1. The van der Waals surface area contributed by atoms with E-state index in [9.17, 15) is 9.59 Å². The zero-order chi connectivity index (χ0) is 16.9. The summed E-state index contributed by atoms with van der Waals surface area (Å²) < 4.78 is 0.833. The zero-order valence-electron chi connectivity index (χ0n) is 13.1. The van der Waals surface area contributed by atoms with Gasteiger partial charge in [-0.15, -0.1) is 0 Å². The topological polar surface area (TPSA) is 50.3 Å². The molecule has 3 aliphatic rings. The maximum absolute atomic E-state index is 13.5. The summed E-state index contributed by atoms with van der Waals surface area (Å²) in [5, 5.41) is 0. The molecule has 1 unspecified atom stereocenters. The Morgan fingerprint density at radius 3 is 2.92 bits per heavy atom. The quantitative estimate of drug-likeness (QED) is 0.695. The average molecular weight is 383 g/mol. The molecule has 1 fully saturated rings. The number of halogens is 1. The van der Waals surface area contributed by atoms with Gasteiger partial charge in [0.1, 0.15) is 5.41 Å². The first-order chi connectivity index (χ1) is 11.6. The molecular formula is C19H15BrN2O2. The highest BCUT2D eigenvalue weighted by Crippen LogP contribution is 2.53. The van der Waals surface area contributed by atoms with Gasteiger partial charge in [-0.3, -0.25) is 14.6 Å². The number of aryl methyl sites for hydroxylation is 1. The molecule has 1 aromatic heterocycles. The van der Waals surface area contributed by atoms with Gasteiger partial charge in [0.15, 0.2) is 0 Å². The maximum atomic E-state index is 13.5. The number of anilines is 1. The molecule has 0 bridgehead atoms. The second kappa shape index (κ2) is 5.38. The number of hydrogen-bond donors (Lipinski definition) is 0. The Bertz CT molecular complexity index is 894. The van der Waals surface area contributed by atoms with Crippen molar-refractivity contribution in [3.8, 4) is 0 Å². The van der Waals surface area contributed by atoms with Crippen molar-refractivity contribution in [3.63, 3.8) is 0 Å². The summed E-state index contributed by atoms with van der Waals surface area (Å²) in [5.41, 5.74) is 2.24. The third kappa shape index (κ3) is 1.94. The second-order valence-corrected chi connectivity index (χ2v) is 6.99. The molecule has 2 aliphatic carbocycles. The lowest BCUT2D eigenvalue weighted by molar-refractivity contribution is -0.132. The van der Waals surface area contributed by atoms with Crippen LogP contribution >= 0.6 is 15.9 Å². The first kappa shape index (κ1) is 15.3. The highest BCUT2D eigenvalue weighted by atomic mass is 79.9. The molecule has 1 aromatic rings. The van der Waals surface area contributed by atoms with Gasteiger partial charge in [-0.25, -0.2) is 4.90 Å². The fourth-order valence-corrected chi connectivity index (χ4v) is 4.32. The minimum absolute atomic E-state index is 0.193. The van der Waals surface area contributed by atoms with Crippen LogP contribution in [-0.2, 0) is 9.59 Å². The number of piperidine rings is 1. The van der Waals surface area contributed by atoms with Gasteiger partial charge in [-0.1, -0.05) is 40.2 Å². The molecule has 1 spiro atoms. The van der Waals surface area contributed by atoms with E-state index in [0.29, 0.717) is 17.8 Å². The lowest BCUT2D eigenvalue weighted by atomic mass is 9.63. The van der Waals surface area contributed by atoms with Crippen LogP contribution in [0.5, 0.6) is 0 Å². The Kier molecular flexibility index (Phi) is 3.42. The highest BCUT2D eigenvalue weighted by Gasteiger charge is 2.54. The number of amides is 2. The molecule has 0 N–H and O–H groups in total. The smallest absolute Gasteiger partial charge is 0.248 e. The number of carbonyl (C=O) groups is 2. The van der Waals surface area contributed by atoms with E-state index < -0.39 is 5.41 Å². The standard InChI is InChI=1S/C19H15BrN2O2/c1-12-16(6-4-10-21-12)22-17(23)11-14-15(20)8-7-13-5-2-3-9-19(13,14)18(22)24/h2-8,10H,9,11H2,1H3. The third-order valence-electron chi connectivity index (χ3n) is 4.91. The second-order valence-electron chi connectivity index (χ2n) is 6.14. The first-order valence-corrected chi connectivity index (χ1v) is 8.58. The van der Waals surface area contributed by atoms with Crippen LogP contribution in [0.25, 0.3) is 0 Å². The Morgan fingerprint density at radius 2 is 2.12 bits per heavy atom. The van der Waals surface area contributed by atoms with E-state index in [-0.39, 0.29) is 18.2 Å². The molecular weight excluding hydrogens is 368 g/mol. The maximum Gasteiger partial charge on any atom is 0.248 e. The van der Waals surface area contributed by atoms with Crippen LogP contribution in [-0.4, -0.2) is 16.8 Å². The van der Waals surface area contributed by atoms with Crippen molar-refractivity contribution in [3.05, 3.63) is 70.0 Å². The van der Waals surface area contributed by atoms with Crippen molar-refractivity contribution in [2.75, 3.05) is 4.90 Å². The van der Waals surface area contributed by atoms with Gasteiger partial charge in [0.2, 0.25) is 11.8 Å². The molecule has 0 radical (unpaired) electrons. The van der Waals surface area contributed by atoms with E-state index in [0.717, 1.165) is 15.6 Å². The Balaban J connectivity index is 1.92. The Labute approximate surface area is 148 Å². The third-order valence-corrected chi connectivity index (χ3v) is 5.65. The monoisotopic (exact) mass is 382 g/mol. The summed E-state index contributed by atoms with van der Waals surface area (Å²) in [5.74, 6) is -0.403. The number of aromatic nitrogens is 1. The summed E-state index contributed by atoms with van der Waals surface area (Å²) in [6.07, 6.45) is 12.2. The lowest BCUT2D eigenvalue weighted by Gasteiger charge is -2.45. The predicted molar refractivity (Wildman–Crippen MR) is 95.5 cm³/mol. The van der Waals surface area contributed by atoms with Crippen LogP contribution in [0, 0.1) is 12.3 Å². The summed E-state index contributed by atoms with van der Waals surface area (Å²) in [6, 6.07) is 3.53. The summed E-state index contributed by atoms with van der Waals surface area (Å²) >= 11 is 3.54. The van der Waals surface area contributed by atoms with Crippen molar-refractivity contribution in [2.24, 2.45) is 5.41 Å². The number of hydrogen-bond acceptors (Lipinski definition) is 3. The van der Waals surface area contributed by atoms with Gasteiger partial charge in [-0.05, 0) is 42.7 Å². The van der Waals surface area contributed by atoms with Crippen LogP contribution < -0.4 is 4.90 Å². The number of carbonyl (C=O) groups excluding carboxylic acids is 2. The number of allylic oxidation sites excluding steroid dienone is 6. The fourth-order valence-electron chi connectivity index (χ4n) is 3.70. The Morgan fingerprint density at radius 1 is 1.29 bits per heavy atom. The largest absolute Gasteiger partial charge is 0.274 e. The normalized spacial score (nSPS) is 25.6. The van der Waals surface area contributed by atoms with Crippen molar-refractivity contribution >= 4 is 33.4 Å². The predicted octanol–water partition coefficient (Wildman–Crippen LogP) is 3.74. The molecule has 4 rings (SSSR count). The van der Waals surface area contributed by atoms with Gasteiger partial charge in [-0.2, -0.15) is 0 Å². The molecule has 24 heavy (non-hydrogen) atoms. The SMILES string of the molecule is Cc1ncccc1N1C(=O)CC2=C(Br)C=CC3=CC=CCC32C1=O. The number of pyridine rings is 1. The van der Waals surface area contributed by atoms with Crippen LogP contribution in [0.15, 0.2) is 64.3 Å². The number of imide groups is 1. The Hall–Kier alpha value is -2.27. The summed E-state index contributed by atoms with van der Waals surface area (Å²) in [6.45, 7) is 1.81. The molecule has 4 nitrogen and oxygen atoms in total. The van der Waals surface area contributed by atoms with Gasteiger partial charge >= 0.3 is 0 Å². The first-order valence-electron chi connectivity index (χ1n) is 7.79. The molecule has 1 saturated heterocycles. The van der Waals surface area contributed by atoms with Crippen molar-refractivity contribution < 1.29 is 9.59 Å². The molecule has 1 aliphatic heterocycles. The molecule has 1 atom stereocenters.